The molecule has 0 saturated carbocycles. The monoisotopic (exact) mass is 485 g/mol. The third-order valence-corrected chi connectivity index (χ3v) is 5.72. The number of ketones is 1. The highest BCUT2D eigenvalue weighted by atomic mass is 16.5. The topological polar surface area (TPSA) is 107 Å². The van der Waals surface area contributed by atoms with Crippen LogP contribution in [0.4, 0.5) is 0 Å². The number of benzene rings is 3. The van der Waals surface area contributed by atoms with Gasteiger partial charge in [-0.3, -0.25) is 19.3 Å². The van der Waals surface area contributed by atoms with Crippen molar-refractivity contribution < 1.29 is 33.4 Å². The van der Waals surface area contributed by atoms with Crippen LogP contribution >= 0.6 is 0 Å². The van der Waals surface area contributed by atoms with Crippen molar-refractivity contribution in [1.29, 1.82) is 0 Å². The Morgan fingerprint density at radius 3 is 1.86 bits per heavy atom. The summed E-state index contributed by atoms with van der Waals surface area (Å²) in [5, 5.41) is 0. The average molecular weight is 485 g/mol. The van der Waals surface area contributed by atoms with Crippen molar-refractivity contribution in [2.45, 2.75) is 19.9 Å². The number of hydrogen-bond donors (Lipinski definition) is 0. The van der Waals surface area contributed by atoms with Crippen LogP contribution in [-0.2, 0) is 9.53 Å². The summed E-state index contributed by atoms with van der Waals surface area (Å²) >= 11 is 0. The normalized spacial score (nSPS) is 13.4. The molecule has 1 aliphatic rings. The van der Waals surface area contributed by atoms with E-state index in [0.29, 0.717) is 5.56 Å². The summed E-state index contributed by atoms with van der Waals surface area (Å²) < 4.78 is 10.5. The van der Waals surface area contributed by atoms with Crippen LogP contribution in [-0.4, -0.2) is 47.1 Å². The summed E-state index contributed by atoms with van der Waals surface area (Å²) in [6.45, 7) is 2.80. The third kappa shape index (κ3) is 4.93. The predicted octanol–water partition coefficient (Wildman–Crippen LogP) is 3.95. The van der Waals surface area contributed by atoms with Crippen LogP contribution in [0.5, 0.6) is 5.75 Å². The molecule has 3 aromatic carbocycles. The van der Waals surface area contributed by atoms with E-state index in [1.807, 2.05) is 0 Å². The van der Waals surface area contributed by atoms with E-state index in [0.717, 1.165) is 4.90 Å². The molecule has 8 heteroatoms. The molecular formula is C28H23NO7. The zero-order chi connectivity index (χ0) is 25.8. The maximum Gasteiger partial charge on any atom is 0.343 e. The third-order valence-electron chi connectivity index (χ3n) is 5.72. The van der Waals surface area contributed by atoms with Gasteiger partial charge in [0.25, 0.3) is 11.8 Å². The van der Waals surface area contributed by atoms with Gasteiger partial charge in [0, 0.05) is 5.56 Å². The van der Waals surface area contributed by atoms with Crippen LogP contribution < -0.4 is 4.74 Å². The fourth-order valence-electron chi connectivity index (χ4n) is 3.89. The van der Waals surface area contributed by atoms with E-state index in [1.165, 1.54) is 36.4 Å². The van der Waals surface area contributed by atoms with Gasteiger partial charge in [0.05, 0.1) is 16.7 Å². The van der Waals surface area contributed by atoms with Gasteiger partial charge in [-0.1, -0.05) is 44.2 Å². The number of rotatable bonds is 8. The molecule has 182 valence electrons. The Bertz CT molecular complexity index is 1290. The first-order chi connectivity index (χ1) is 17.3. The molecule has 0 saturated heterocycles. The molecule has 2 amide bonds. The molecule has 1 atom stereocenters. The van der Waals surface area contributed by atoms with Crippen LogP contribution in [0.2, 0.25) is 0 Å². The Labute approximate surface area is 207 Å². The fraction of sp³-hybridized carbons (Fsp3) is 0.179. The van der Waals surface area contributed by atoms with Gasteiger partial charge in [0.15, 0.2) is 12.4 Å². The minimum atomic E-state index is -1.18. The molecule has 0 aliphatic carbocycles. The van der Waals surface area contributed by atoms with Crippen LogP contribution in [0.3, 0.4) is 0 Å². The zero-order valence-corrected chi connectivity index (χ0v) is 19.7. The molecule has 0 unspecified atom stereocenters. The number of carbonyl (C=O) groups excluding carboxylic acids is 5. The molecule has 1 aliphatic heterocycles. The summed E-state index contributed by atoms with van der Waals surface area (Å²) in [6, 6.07) is 19.5. The Morgan fingerprint density at radius 1 is 0.750 bits per heavy atom. The second-order valence-corrected chi connectivity index (χ2v) is 8.53. The van der Waals surface area contributed by atoms with Gasteiger partial charge in [-0.15, -0.1) is 0 Å². The number of ether oxygens (including phenoxy) is 2. The highest BCUT2D eigenvalue weighted by Gasteiger charge is 2.44. The van der Waals surface area contributed by atoms with Crippen molar-refractivity contribution in [1.82, 2.24) is 4.90 Å². The summed E-state index contributed by atoms with van der Waals surface area (Å²) in [4.78, 5) is 64.2. The molecule has 0 spiro atoms. The molecule has 0 N–H and O–H groups in total. The van der Waals surface area contributed by atoms with Gasteiger partial charge in [-0.25, -0.2) is 9.59 Å². The van der Waals surface area contributed by atoms with Crippen molar-refractivity contribution in [3.8, 4) is 5.75 Å². The summed E-state index contributed by atoms with van der Waals surface area (Å²) in [5.41, 5.74) is 1.08. The largest absolute Gasteiger partial charge is 0.456 e. The highest BCUT2D eigenvalue weighted by Crippen LogP contribution is 2.27. The van der Waals surface area contributed by atoms with E-state index in [1.54, 1.807) is 56.3 Å². The summed E-state index contributed by atoms with van der Waals surface area (Å²) in [6.07, 6.45) is 0. The molecule has 0 radical (unpaired) electrons. The van der Waals surface area contributed by atoms with Gasteiger partial charge < -0.3 is 9.47 Å². The second-order valence-electron chi connectivity index (χ2n) is 8.53. The molecule has 1 heterocycles. The van der Waals surface area contributed by atoms with Gasteiger partial charge >= 0.3 is 11.9 Å². The van der Waals surface area contributed by atoms with Crippen molar-refractivity contribution in [2.24, 2.45) is 5.92 Å². The first-order valence-electron chi connectivity index (χ1n) is 11.3. The maximum absolute atomic E-state index is 12.9. The smallest absolute Gasteiger partial charge is 0.343 e. The van der Waals surface area contributed by atoms with Crippen molar-refractivity contribution in [3.05, 3.63) is 101 Å². The van der Waals surface area contributed by atoms with Crippen LogP contribution in [0.25, 0.3) is 0 Å². The lowest BCUT2D eigenvalue weighted by atomic mass is 10.0. The Balaban J connectivity index is 1.38. The average Bonchev–Trinajstić information content (AvgIpc) is 3.13. The lowest BCUT2D eigenvalue weighted by Gasteiger charge is -2.27. The van der Waals surface area contributed by atoms with E-state index in [-0.39, 0.29) is 22.4 Å². The molecule has 0 aromatic heterocycles. The second kappa shape index (κ2) is 10.4. The standard InChI is InChI=1S/C28H23NO7/c1-17(2)24(29-25(31)21-10-6-7-11-22(21)26(29)32)28(34)35-16-23(30)18-12-14-20(15-13-18)36-27(33)19-8-4-3-5-9-19/h3-15,17,24H,16H2,1-2H3/t24-/m0/s1. The minimum absolute atomic E-state index is 0.227. The van der Waals surface area contributed by atoms with Crippen LogP contribution in [0.15, 0.2) is 78.9 Å². The van der Waals surface area contributed by atoms with E-state index < -0.39 is 48.1 Å². The van der Waals surface area contributed by atoms with E-state index in [4.69, 9.17) is 9.47 Å². The predicted molar refractivity (Wildman–Crippen MR) is 129 cm³/mol. The molecule has 0 fully saturated rings. The van der Waals surface area contributed by atoms with Gasteiger partial charge in [-0.2, -0.15) is 0 Å². The molecular weight excluding hydrogens is 462 g/mol. The maximum atomic E-state index is 12.9. The van der Waals surface area contributed by atoms with Gasteiger partial charge in [0.1, 0.15) is 11.8 Å². The first kappa shape index (κ1) is 24.5. The number of carbonyl (C=O) groups is 5. The number of hydrogen-bond acceptors (Lipinski definition) is 7. The number of amides is 2. The Morgan fingerprint density at radius 2 is 1.31 bits per heavy atom. The summed E-state index contributed by atoms with van der Waals surface area (Å²) in [7, 11) is 0. The number of nitrogens with zero attached hydrogens (tertiary/aromatic N) is 1. The van der Waals surface area contributed by atoms with Crippen LogP contribution in [0.1, 0.15) is 55.3 Å². The number of fused-ring (bicyclic) bond motifs is 1. The van der Waals surface area contributed by atoms with Gasteiger partial charge in [0.2, 0.25) is 0 Å². The van der Waals surface area contributed by atoms with E-state index in [9.17, 15) is 24.0 Å². The van der Waals surface area contributed by atoms with Crippen LogP contribution in [0, 0.1) is 5.92 Å². The van der Waals surface area contributed by atoms with Crippen molar-refractivity contribution in [3.63, 3.8) is 0 Å². The summed E-state index contributed by atoms with van der Waals surface area (Å²) in [5.74, 6) is -3.19. The number of esters is 2. The lowest BCUT2D eigenvalue weighted by Crippen LogP contribution is -2.49. The van der Waals surface area contributed by atoms with E-state index >= 15 is 0 Å². The molecule has 0 bridgehead atoms. The van der Waals surface area contributed by atoms with Crippen molar-refractivity contribution >= 4 is 29.5 Å². The van der Waals surface area contributed by atoms with E-state index in [2.05, 4.69) is 0 Å². The number of Topliss-reactive ketones (excluding diaryl/α,β-unsaturated/α-hetero) is 1. The molecule has 36 heavy (non-hydrogen) atoms. The Kier molecular flexibility index (Phi) is 7.05. The first-order valence-corrected chi connectivity index (χ1v) is 11.3. The Hall–Kier alpha value is -4.59. The quantitative estimate of drug-likeness (QED) is 0.206. The number of imide groups is 1. The van der Waals surface area contributed by atoms with Crippen molar-refractivity contribution in [2.75, 3.05) is 6.61 Å². The molecule has 4 rings (SSSR count). The highest BCUT2D eigenvalue weighted by molar-refractivity contribution is 6.22. The lowest BCUT2D eigenvalue weighted by molar-refractivity contribution is -0.148. The molecule has 3 aromatic rings. The minimum Gasteiger partial charge on any atom is -0.456 e. The molecule has 8 nitrogen and oxygen atoms in total. The zero-order valence-electron chi connectivity index (χ0n) is 19.7. The SMILES string of the molecule is CC(C)[C@@H](C(=O)OCC(=O)c1ccc(OC(=O)c2ccccc2)cc1)N1C(=O)c2ccccc2C1=O. The van der Waals surface area contributed by atoms with Gasteiger partial charge in [-0.05, 0) is 54.4 Å². The fourth-order valence-corrected chi connectivity index (χ4v) is 3.89.